The van der Waals surface area contributed by atoms with Gasteiger partial charge in [-0.1, -0.05) is 36.8 Å². The molecule has 138 valence electrons. The summed E-state index contributed by atoms with van der Waals surface area (Å²) < 4.78 is 17.8. The molecule has 2 aliphatic carbocycles. The molecule has 3 aliphatic rings. The van der Waals surface area contributed by atoms with E-state index in [9.17, 15) is 15.3 Å². The summed E-state index contributed by atoms with van der Waals surface area (Å²) in [5.74, 6) is -0.733. The molecule has 1 aromatic carbocycles. The maximum Gasteiger partial charge on any atom is 0.169 e. The molecule has 0 aromatic heterocycles. The van der Waals surface area contributed by atoms with Gasteiger partial charge in [-0.15, -0.1) is 0 Å². The van der Waals surface area contributed by atoms with Gasteiger partial charge in [-0.05, 0) is 18.4 Å². The Bertz CT molecular complexity index is 573. The van der Waals surface area contributed by atoms with E-state index in [0.29, 0.717) is 0 Å². The van der Waals surface area contributed by atoms with Gasteiger partial charge in [0.2, 0.25) is 0 Å². The molecule has 1 heterocycles. The van der Waals surface area contributed by atoms with Gasteiger partial charge in [-0.3, -0.25) is 0 Å². The van der Waals surface area contributed by atoms with Crippen LogP contribution in [0.5, 0.6) is 0 Å². The Morgan fingerprint density at radius 3 is 2.20 bits per heavy atom. The lowest BCUT2D eigenvalue weighted by molar-refractivity contribution is -0.211. The minimum Gasteiger partial charge on any atom is -0.387 e. The van der Waals surface area contributed by atoms with Crippen LogP contribution in [0.2, 0.25) is 0 Å². The highest BCUT2D eigenvalue weighted by Gasteiger charge is 2.60. The lowest BCUT2D eigenvalue weighted by atomic mass is 9.85. The van der Waals surface area contributed by atoms with E-state index in [4.69, 9.17) is 14.2 Å². The molecule has 1 saturated heterocycles. The van der Waals surface area contributed by atoms with Gasteiger partial charge in [0.25, 0.3) is 0 Å². The molecular formula is C19H26O6. The Morgan fingerprint density at radius 1 is 0.880 bits per heavy atom. The molecule has 3 fully saturated rings. The Balaban J connectivity index is 1.47. The van der Waals surface area contributed by atoms with Crippen LogP contribution in [0, 0.1) is 0 Å². The van der Waals surface area contributed by atoms with Crippen LogP contribution in [0.3, 0.4) is 0 Å². The highest BCUT2D eigenvalue weighted by Crippen LogP contribution is 2.45. The molecule has 0 bridgehead atoms. The number of hydrogen-bond donors (Lipinski definition) is 3. The van der Waals surface area contributed by atoms with E-state index in [1.165, 1.54) is 0 Å². The van der Waals surface area contributed by atoms with E-state index < -0.39 is 42.4 Å². The molecule has 6 nitrogen and oxygen atoms in total. The number of benzene rings is 1. The SMILES string of the molecule is O[C@@H]1[C@@H](O)[C@@H]2OC3(CCCCC3)O[C@@H]2[C@H](O)[C@H]1OCc1ccccc1. The van der Waals surface area contributed by atoms with Crippen LogP contribution < -0.4 is 0 Å². The van der Waals surface area contributed by atoms with E-state index in [0.717, 1.165) is 37.7 Å². The smallest absolute Gasteiger partial charge is 0.169 e. The minimum absolute atomic E-state index is 0.246. The molecule has 1 aliphatic heterocycles. The molecule has 0 unspecified atom stereocenters. The van der Waals surface area contributed by atoms with Gasteiger partial charge in [-0.2, -0.15) is 0 Å². The third-order valence-electron chi connectivity index (χ3n) is 5.62. The summed E-state index contributed by atoms with van der Waals surface area (Å²) in [7, 11) is 0. The number of ether oxygens (including phenoxy) is 3. The molecule has 1 aromatic rings. The average molecular weight is 350 g/mol. The quantitative estimate of drug-likeness (QED) is 0.757. The number of aliphatic hydroxyl groups excluding tert-OH is 3. The highest BCUT2D eigenvalue weighted by molar-refractivity contribution is 5.14. The van der Waals surface area contributed by atoms with Crippen molar-refractivity contribution in [3.8, 4) is 0 Å². The van der Waals surface area contributed by atoms with Gasteiger partial charge in [0.05, 0.1) is 6.61 Å². The number of aliphatic hydroxyl groups is 3. The molecule has 3 N–H and O–H groups in total. The summed E-state index contributed by atoms with van der Waals surface area (Å²) in [4.78, 5) is 0. The van der Waals surface area contributed by atoms with Crippen molar-refractivity contribution in [1.82, 2.24) is 0 Å². The first kappa shape index (κ1) is 17.4. The van der Waals surface area contributed by atoms with Crippen molar-refractivity contribution in [2.75, 3.05) is 0 Å². The van der Waals surface area contributed by atoms with Crippen LogP contribution in [0.25, 0.3) is 0 Å². The Labute approximate surface area is 147 Å². The Kier molecular flexibility index (Phi) is 4.83. The molecule has 2 saturated carbocycles. The summed E-state index contributed by atoms with van der Waals surface area (Å²) in [6.45, 7) is 0.246. The van der Waals surface area contributed by atoms with Crippen LogP contribution in [0.4, 0.5) is 0 Å². The van der Waals surface area contributed by atoms with E-state index in [1.807, 2.05) is 30.3 Å². The van der Waals surface area contributed by atoms with Crippen molar-refractivity contribution >= 4 is 0 Å². The topological polar surface area (TPSA) is 88.4 Å². The van der Waals surface area contributed by atoms with Crippen molar-refractivity contribution in [3.05, 3.63) is 35.9 Å². The van der Waals surface area contributed by atoms with E-state index in [-0.39, 0.29) is 6.61 Å². The maximum atomic E-state index is 10.7. The average Bonchev–Trinajstić information content (AvgIpc) is 3.00. The maximum absolute atomic E-state index is 10.7. The Hall–Kier alpha value is -1.02. The van der Waals surface area contributed by atoms with Gasteiger partial charge in [0.15, 0.2) is 5.79 Å². The standard InChI is InChI=1S/C19H26O6/c20-13-14(21)17-18(25-19(24-17)9-5-2-6-10-19)15(22)16(13)23-11-12-7-3-1-4-8-12/h1,3-4,7-8,13-18,20-22H,2,5-6,9-11H2/t13-,14-,15-,16+,17+,18-/m1/s1. The third-order valence-corrected chi connectivity index (χ3v) is 5.62. The van der Waals surface area contributed by atoms with Crippen LogP contribution in [-0.4, -0.2) is 57.7 Å². The van der Waals surface area contributed by atoms with Crippen molar-refractivity contribution in [1.29, 1.82) is 0 Å². The van der Waals surface area contributed by atoms with E-state index >= 15 is 0 Å². The number of fused-ring (bicyclic) bond motifs is 1. The number of hydrogen-bond acceptors (Lipinski definition) is 6. The fourth-order valence-corrected chi connectivity index (χ4v) is 4.25. The lowest BCUT2D eigenvalue weighted by Gasteiger charge is -2.41. The molecule has 6 heteroatoms. The monoisotopic (exact) mass is 350 g/mol. The van der Waals surface area contributed by atoms with Crippen molar-refractivity contribution in [2.45, 2.75) is 81.1 Å². The predicted octanol–water partition coefficient (Wildman–Crippen LogP) is 1.11. The largest absolute Gasteiger partial charge is 0.387 e. The van der Waals surface area contributed by atoms with Crippen LogP contribution >= 0.6 is 0 Å². The van der Waals surface area contributed by atoms with Gasteiger partial charge in [0, 0.05) is 12.8 Å². The van der Waals surface area contributed by atoms with Gasteiger partial charge < -0.3 is 29.5 Å². The fourth-order valence-electron chi connectivity index (χ4n) is 4.25. The Morgan fingerprint density at radius 2 is 1.52 bits per heavy atom. The molecule has 25 heavy (non-hydrogen) atoms. The summed E-state index contributed by atoms with van der Waals surface area (Å²) in [6, 6.07) is 9.53. The van der Waals surface area contributed by atoms with Crippen molar-refractivity contribution in [2.24, 2.45) is 0 Å². The van der Waals surface area contributed by atoms with Crippen LogP contribution in [0.1, 0.15) is 37.7 Å². The molecule has 6 atom stereocenters. The van der Waals surface area contributed by atoms with E-state index in [2.05, 4.69) is 0 Å². The van der Waals surface area contributed by atoms with Crippen molar-refractivity contribution < 1.29 is 29.5 Å². The highest BCUT2D eigenvalue weighted by atomic mass is 16.8. The molecular weight excluding hydrogens is 324 g/mol. The zero-order valence-corrected chi connectivity index (χ0v) is 14.2. The van der Waals surface area contributed by atoms with Gasteiger partial charge in [0.1, 0.15) is 36.6 Å². The minimum atomic E-state index is -1.22. The summed E-state index contributed by atoms with van der Waals surface area (Å²) in [5, 5.41) is 31.7. The zero-order chi connectivity index (χ0) is 17.4. The van der Waals surface area contributed by atoms with Crippen molar-refractivity contribution in [3.63, 3.8) is 0 Å². The summed E-state index contributed by atoms with van der Waals surface area (Å²) in [6.07, 6.45) is -1.08. The predicted molar refractivity (Wildman–Crippen MR) is 88.6 cm³/mol. The van der Waals surface area contributed by atoms with Gasteiger partial charge >= 0.3 is 0 Å². The summed E-state index contributed by atoms with van der Waals surface area (Å²) in [5.41, 5.74) is 0.936. The second kappa shape index (κ2) is 6.95. The number of rotatable bonds is 3. The third kappa shape index (κ3) is 3.23. The second-order valence-corrected chi connectivity index (χ2v) is 7.37. The first-order chi connectivity index (χ1) is 12.1. The zero-order valence-electron chi connectivity index (χ0n) is 14.2. The molecule has 4 rings (SSSR count). The first-order valence-electron chi connectivity index (χ1n) is 9.15. The molecule has 0 amide bonds. The normalized spacial score (nSPS) is 40.1. The summed E-state index contributed by atoms with van der Waals surface area (Å²) >= 11 is 0. The molecule has 0 radical (unpaired) electrons. The van der Waals surface area contributed by atoms with Crippen LogP contribution in [0.15, 0.2) is 30.3 Å². The molecule has 1 spiro atoms. The van der Waals surface area contributed by atoms with Crippen LogP contribution in [-0.2, 0) is 20.8 Å². The first-order valence-corrected chi connectivity index (χ1v) is 9.15. The van der Waals surface area contributed by atoms with E-state index in [1.54, 1.807) is 0 Å². The second-order valence-electron chi connectivity index (χ2n) is 7.37. The lowest BCUT2D eigenvalue weighted by Crippen LogP contribution is -2.63. The fraction of sp³-hybridized carbons (Fsp3) is 0.684. The van der Waals surface area contributed by atoms with Gasteiger partial charge in [-0.25, -0.2) is 0 Å².